The van der Waals surface area contributed by atoms with Crippen molar-refractivity contribution >= 4 is 0 Å². The van der Waals surface area contributed by atoms with E-state index >= 15 is 0 Å². The molecular weight excluding hydrogens is 172 g/mol. The molecule has 1 aliphatic heterocycles. The monoisotopic (exact) mass is 198 g/mol. The van der Waals surface area contributed by atoms with Crippen LogP contribution in [0, 0.1) is 11.8 Å². The van der Waals surface area contributed by atoms with Crippen molar-refractivity contribution in [2.24, 2.45) is 11.8 Å². The third kappa shape index (κ3) is 2.73. The fourth-order valence-corrected chi connectivity index (χ4v) is 2.84. The Kier molecular flexibility index (Phi) is 5.54. The van der Waals surface area contributed by atoms with Crippen LogP contribution in [-0.4, -0.2) is 12.7 Å². The minimum Gasteiger partial charge on any atom is -0.378 e. The molecule has 14 heavy (non-hydrogen) atoms. The first-order chi connectivity index (χ1) is 6.92. The van der Waals surface area contributed by atoms with Crippen molar-refractivity contribution in [1.29, 1.82) is 0 Å². The maximum absolute atomic E-state index is 5.84. The smallest absolute Gasteiger partial charge is 0.0606 e. The number of hydrogen-bond acceptors (Lipinski definition) is 1. The van der Waals surface area contributed by atoms with Crippen molar-refractivity contribution in [2.45, 2.75) is 65.4 Å². The van der Waals surface area contributed by atoms with E-state index in [4.69, 9.17) is 4.74 Å². The van der Waals surface area contributed by atoms with Gasteiger partial charge in [-0.05, 0) is 24.7 Å². The van der Waals surface area contributed by atoms with E-state index in [9.17, 15) is 0 Å². The van der Waals surface area contributed by atoms with Gasteiger partial charge in [-0.1, -0.05) is 46.5 Å². The number of rotatable bonds is 1. The highest BCUT2D eigenvalue weighted by molar-refractivity contribution is 4.84. The zero-order valence-corrected chi connectivity index (χ0v) is 10.1. The Morgan fingerprint density at radius 3 is 2.50 bits per heavy atom. The summed E-state index contributed by atoms with van der Waals surface area (Å²) in [5.74, 6) is 1.80. The topological polar surface area (TPSA) is 9.23 Å². The average Bonchev–Trinajstić information content (AvgIpc) is 2.49. The second-order valence-corrected chi connectivity index (χ2v) is 4.34. The molecule has 84 valence electrons. The lowest BCUT2D eigenvalue weighted by Crippen LogP contribution is -2.18. The normalized spacial score (nSPS) is 36.6. The Balaban J connectivity index is 0.000000461. The molecule has 1 nitrogen and oxygen atoms in total. The van der Waals surface area contributed by atoms with Gasteiger partial charge in [0.05, 0.1) is 12.7 Å². The van der Waals surface area contributed by atoms with Gasteiger partial charge in [0, 0.05) is 0 Å². The lowest BCUT2D eigenvalue weighted by Gasteiger charge is -2.18. The van der Waals surface area contributed by atoms with Gasteiger partial charge >= 0.3 is 0 Å². The van der Waals surface area contributed by atoms with Gasteiger partial charge in [0.25, 0.3) is 0 Å². The van der Waals surface area contributed by atoms with Gasteiger partial charge in [-0.3, -0.25) is 0 Å². The van der Waals surface area contributed by atoms with Crippen molar-refractivity contribution in [3.63, 3.8) is 0 Å². The van der Waals surface area contributed by atoms with E-state index < -0.39 is 0 Å². The van der Waals surface area contributed by atoms with Crippen LogP contribution in [0.25, 0.3) is 0 Å². The van der Waals surface area contributed by atoms with Crippen molar-refractivity contribution < 1.29 is 4.74 Å². The fourth-order valence-electron chi connectivity index (χ4n) is 2.84. The molecule has 1 saturated heterocycles. The third-order valence-electron chi connectivity index (χ3n) is 3.66. The van der Waals surface area contributed by atoms with Crippen LogP contribution in [0.15, 0.2) is 0 Å². The highest BCUT2D eigenvalue weighted by Gasteiger charge is 2.36. The second kappa shape index (κ2) is 6.44. The molecule has 2 fully saturated rings. The van der Waals surface area contributed by atoms with E-state index in [0.29, 0.717) is 6.10 Å². The molecule has 2 aliphatic rings. The summed E-state index contributed by atoms with van der Waals surface area (Å²) in [5, 5.41) is 0. The molecule has 0 amide bonds. The van der Waals surface area contributed by atoms with Crippen LogP contribution in [0.3, 0.4) is 0 Å². The Bertz CT molecular complexity index is 144. The van der Waals surface area contributed by atoms with Crippen molar-refractivity contribution in [3.05, 3.63) is 0 Å². The summed E-state index contributed by atoms with van der Waals surface area (Å²) in [6.07, 6.45) is 9.01. The van der Waals surface area contributed by atoms with E-state index in [1.54, 1.807) is 0 Å². The molecule has 0 bridgehead atoms. The molecule has 1 unspecified atom stereocenters. The van der Waals surface area contributed by atoms with Gasteiger partial charge in [0.1, 0.15) is 0 Å². The number of hydrogen-bond donors (Lipinski definition) is 0. The van der Waals surface area contributed by atoms with Crippen LogP contribution in [0.4, 0.5) is 0 Å². The average molecular weight is 198 g/mol. The van der Waals surface area contributed by atoms with E-state index in [1.807, 2.05) is 13.8 Å². The van der Waals surface area contributed by atoms with Gasteiger partial charge in [0.2, 0.25) is 0 Å². The molecule has 0 spiro atoms. The SMILES string of the molecule is CC.CCC1CO[C@@H]2CCCCC[C@@H]12. The molecule has 0 N–H and O–H groups in total. The van der Waals surface area contributed by atoms with Crippen molar-refractivity contribution in [1.82, 2.24) is 0 Å². The quantitative estimate of drug-likeness (QED) is 0.618. The summed E-state index contributed by atoms with van der Waals surface area (Å²) in [7, 11) is 0. The maximum atomic E-state index is 5.84. The van der Waals surface area contributed by atoms with Crippen molar-refractivity contribution in [2.75, 3.05) is 6.61 Å². The standard InChI is InChI=1S/C11H20O.C2H6/c1-2-9-8-12-11-7-5-3-4-6-10(9)11;1-2/h9-11H,2-8H2,1H3;1-2H3/t9?,10-,11+;/m0./s1. The van der Waals surface area contributed by atoms with Gasteiger partial charge in [0.15, 0.2) is 0 Å². The Labute approximate surface area is 89.2 Å². The molecule has 1 heterocycles. The summed E-state index contributed by atoms with van der Waals surface area (Å²) in [6.45, 7) is 7.35. The summed E-state index contributed by atoms with van der Waals surface area (Å²) in [4.78, 5) is 0. The fraction of sp³-hybridized carbons (Fsp3) is 1.00. The first kappa shape index (κ1) is 12.0. The molecule has 0 aromatic rings. The summed E-state index contributed by atoms with van der Waals surface area (Å²) < 4.78 is 5.84. The van der Waals surface area contributed by atoms with Crippen LogP contribution in [0.5, 0.6) is 0 Å². The van der Waals surface area contributed by atoms with Gasteiger partial charge in [-0.25, -0.2) is 0 Å². The largest absolute Gasteiger partial charge is 0.378 e. The lowest BCUT2D eigenvalue weighted by atomic mass is 9.86. The summed E-state index contributed by atoms with van der Waals surface area (Å²) >= 11 is 0. The molecule has 1 heteroatoms. The van der Waals surface area contributed by atoms with Crippen LogP contribution in [0.2, 0.25) is 0 Å². The van der Waals surface area contributed by atoms with Crippen LogP contribution < -0.4 is 0 Å². The van der Waals surface area contributed by atoms with Crippen LogP contribution in [0.1, 0.15) is 59.3 Å². The van der Waals surface area contributed by atoms with Crippen molar-refractivity contribution in [3.8, 4) is 0 Å². The molecule has 0 aromatic heterocycles. The molecule has 1 aliphatic carbocycles. The Morgan fingerprint density at radius 2 is 1.79 bits per heavy atom. The van der Waals surface area contributed by atoms with E-state index in [-0.39, 0.29) is 0 Å². The van der Waals surface area contributed by atoms with Gasteiger partial charge < -0.3 is 4.74 Å². The third-order valence-corrected chi connectivity index (χ3v) is 3.66. The molecule has 0 aromatic carbocycles. The van der Waals surface area contributed by atoms with E-state index in [2.05, 4.69) is 6.92 Å². The summed E-state index contributed by atoms with van der Waals surface area (Å²) in [6, 6.07) is 0. The van der Waals surface area contributed by atoms with Gasteiger partial charge in [-0.15, -0.1) is 0 Å². The Morgan fingerprint density at radius 1 is 1.07 bits per heavy atom. The Hall–Kier alpha value is -0.0400. The van der Waals surface area contributed by atoms with Crippen LogP contribution >= 0.6 is 0 Å². The highest BCUT2D eigenvalue weighted by Crippen LogP contribution is 2.38. The minimum absolute atomic E-state index is 0.637. The molecule has 2 rings (SSSR count). The molecule has 0 radical (unpaired) electrons. The molecule has 1 saturated carbocycles. The zero-order chi connectivity index (χ0) is 10.4. The first-order valence-corrected chi connectivity index (χ1v) is 6.53. The first-order valence-electron chi connectivity index (χ1n) is 6.53. The maximum Gasteiger partial charge on any atom is 0.0606 e. The second-order valence-electron chi connectivity index (χ2n) is 4.34. The molecule has 3 atom stereocenters. The predicted octanol–water partition coefficient (Wildman–Crippen LogP) is 4.02. The zero-order valence-electron chi connectivity index (χ0n) is 10.1. The van der Waals surface area contributed by atoms with E-state index in [1.165, 1.54) is 38.5 Å². The predicted molar refractivity (Wildman–Crippen MR) is 61.4 cm³/mol. The van der Waals surface area contributed by atoms with E-state index in [0.717, 1.165) is 18.4 Å². The lowest BCUT2D eigenvalue weighted by molar-refractivity contribution is 0.0846. The minimum atomic E-state index is 0.637. The van der Waals surface area contributed by atoms with Gasteiger partial charge in [-0.2, -0.15) is 0 Å². The number of fused-ring (bicyclic) bond motifs is 1. The molecular formula is C13H26O. The highest BCUT2D eigenvalue weighted by atomic mass is 16.5. The van der Waals surface area contributed by atoms with Crippen LogP contribution in [-0.2, 0) is 4.74 Å². The summed E-state index contributed by atoms with van der Waals surface area (Å²) in [5.41, 5.74) is 0. The number of ether oxygens (including phenoxy) is 1.